The maximum absolute atomic E-state index is 12.8. The second kappa shape index (κ2) is 8.23. The fraction of sp³-hybridized carbons (Fsp3) is 0.259. The van der Waals surface area contributed by atoms with Gasteiger partial charge < -0.3 is 20.1 Å². The van der Waals surface area contributed by atoms with Crippen molar-refractivity contribution in [1.29, 1.82) is 0 Å². The Morgan fingerprint density at radius 1 is 1.03 bits per heavy atom. The van der Waals surface area contributed by atoms with E-state index in [-0.39, 0.29) is 17.7 Å². The third-order valence-corrected chi connectivity index (χ3v) is 7.20. The number of aromatic nitrogens is 3. The minimum atomic E-state index is -0.0934. The van der Waals surface area contributed by atoms with Crippen molar-refractivity contribution in [2.24, 2.45) is 7.05 Å². The van der Waals surface area contributed by atoms with Gasteiger partial charge in [0.25, 0.3) is 5.91 Å². The van der Waals surface area contributed by atoms with E-state index in [2.05, 4.69) is 32.7 Å². The van der Waals surface area contributed by atoms with E-state index in [4.69, 9.17) is 0 Å². The number of carbonyl (C=O) groups is 2. The largest absolute Gasteiger partial charge is 0.348 e. The molecule has 1 fully saturated rings. The van der Waals surface area contributed by atoms with Crippen molar-refractivity contribution >= 4 is 34.4 Å². The van der Waals surface area contributed by atoms with Gasteiger partial charge in [0.15, 0.2) is 0 Å². The van der Waals surface area contributed by atoms with E-state index >= 15 is 0 Å². The molecule has 1 aromatic carbocycles. The molecular weight excluding hydrogens is 440 g/mol. The highest BCUT2D eigenvalue weighted by Crippen LogP contribution is 2.38. The van der Waals surface area contributed by atoms with Gasteiger partial charge in [-0.2, -0.15) is 0 Å². The number of nitrogens with one attached hydrogen (secondary N) is 2. The first-order valence-electron chi connectivity index (χ1n) is 11.8. The highest BCUT2D eigenvalue weighted by Gasteiger charge is 2.28. The predicted molar refractivity (Wildman–Crippen MR) is 134 cm³/mol. The number of aryl methyl sites for hydroxylation is 1. The number of nitrogens with zero attached hydrogens (tertiary/aromatic N) is 4. The Hall–Kier alpha value is -4.20. The Balaban J connectivity index is 1.31. The zero-order chi connectivity index (χ0) is 24.1. The molecule has 176 valence electrons. The number of piperidine rings is 1. The summed E-state index contributed by atoms with van der Waals surface area (Å²) >= 11 is 0. The monoisotopic (exact) mass is 466 g/mol. The summed E-state index contributed by atoms with van der Waals surface area (Å²) in [6, 6.07) is 12.0. The number of benzene rings is 1. The first-order chi connectivity index (χ1) is 17.0. The van der Waals surface area contributed by atoms with Gasteiger partial charge in [0, 0.05) is 57.6 Å². The van der Waals surface area contributed by atoms with Gasteiger partial charge in [0.05, 0.1) is 11.3 Å². The number of fused-ring (bicyclic) bond motifs is 2. The summed E-state index contributed by atoms with van der Waals surface area (Å²) in [6.07, 6.45) is 7.10. The van der Waals surface area contributed by atoms with Crippen LogP contribution in [0.5, 0.6) is 0 Å². The van der Waals surface area contributed by atoms with Gasteiger partial charge in [0.2, 0.25) is 5.91 Å². The molecule has 4 aromatic rings. The van der Waals surface area contributed by atoms with Crippen LogP contribution in [0.1, 0.15) is 40.2 Å². The van der Waals surface area contributed by atoms with Crippen LogP contribution in [0.15, 0.2) is 55.0 Å². The van der Waals surface area contributed by atoms with E-state index < -0.39 is 0 Å². The highest BCUT2D eigenvalue weighted by atomic mass is 16.2. The first-order valence-corrected chi connectivity index (χ1v) is 11.8. The lowest BCUT2D eigenvalue weighted by atomic mass is 9.90. The molecule has 2 aliphatic heterocycles. The van der Waals surface area contributed by atoms with Crippen molar-refractivity contribution in [1.82, 2.24) is 24.8 Å². The van der Waals surface area contributed by atoms with Crippen molar-refractivity contribution in [2.75, 3.05) is 18.9 Å². The van der Waals surface area contributed by atoms with E-state index in [0.29, 0.717) is 24.3 Å². The number of amides is 2. The second-order valence-corrected chi connectivity index (χ2v) is 9.33. The Bertz CT molecular complexity index is 1470. The lowest BCUT2D eigenvalue weighted by Crippen LogP contribution is -2.34. The van der Waals surface area contributed by atoms with Crippen LogP contribution in [-0.4, -0.2) is 44.8 Å². The van der Waals surface area contributed by atoms with Crippen LogP contribution in [0.2, 0.25) is 0 Å². The maximum atomic E-state index is 12.8. The van der Waals surface area contributed by atoms with Gasteiger partial charge in [0.1, 0.15) is 11.5 Å². The Kier molecular flexibility index (Phi) is 5.02. The zero-order valence-corrected chi connectivity index (χ0v) is 19.7. The first kappa shape index (κ1) is 21.3. The third-order valence-electron chi connectivity index (χ3n) is 7.20. The molecule has 1 atom stereocenters. The van der Waals surface area contributed by atoms with Crippen LogP contribution < -0.4 is 10.6 Å². The third kappa shape index (κ3) is 3.62. The van der Waals surface area contributed by atoms with Crippen molar-refractivity contribution in [3.05, 3.63) is 71.7 Å². The minimum Gasteiger partial charge on any atom is -0.348 e. The Labute approximate surface area is 203 Å². The summed E-state index contributed by atoms with van der Waals surface area (Å²) in [7, 11) is 3.82. The molecule has 2 amide bonds. The Morgan fingerprint density at radius 2 is 1.91 bits per heavy atom. The minimum absolute atomic E-state index is 0.0934. The molecular formula is C27H26N6O2. The van der Waals surface area contributed by atoms with Gasteiger partial charge in [-0.1, -0.05) is 12.1 Å². The fourth-order valence-corrected chi connectivity index (χ4v) is 5.19. The second-order valence-electron chi connectivity index (χ2n) is 9.33. The number of rotatable bonds is 4. The number of pyridine rings is 2. The average Bonchev–Trinajstić information content (AvgIpc) is 3.45. The zero-order valence-electron chi connectivity index (χ0n) is 19.7. The van der Waals surface area contributed by atoms with E-state index in [1.807, 2.05) is 61.5 Å². The van der Waals surface area contributed by atoms with Crippen molar-refractivity contribution in [3.8, 4) is 11.1 Å². The SMILES string of the molecule is CN1CCC(c2ccc(Nc3ccc(-c4ccnc5c4ccn5C)c4c3C(=O)NC4)nc2)CC1=O. The molecule has 3 aromatic heterocycles. The summed E-state index contributed by atoms with van der Waals surface area (Å²) < 4.78 is 2.00. The van der Waals surface area contributed by atoms with Crippen LogP contribution in [0, 0.1) is 0 Å². The molecule has 2 N–H and O–H groups in total. The molecule has 1 saturated heterocycles. The average molecular weight is 467 g/mol. The molecule has 8 heteroatoms. The molecule has 8 nitrogen and oxygen atoms in total. The summed E-state index contributed by atoms with van der Waals surface area (Å²) in [5, 5.41) is 7.37. The fourth-order valence-electron chi connectivity index (χ4n) is 5.19. The standard InChI is InChI=1S/C27H26N6O2/c1-32-11-8-16(13-24(32)34)17-3-6-23(29-14-17)31-22-5-4-18(21-15-30-27(35)25(21)22)19-7-10-28-26-20(19)9-12-33(26)2/h3-7,9-10,12,14,16H,8,11,13,15H2,1-2H3,(H,29,31)(H,30,35). The topological polar surface area (TPSA) is 92.2 Å². The van der Waals surface area contributed by atoms with Gasteiger partial charge in [-0.15, -0.1) is 0 Å². The van der Waals surface area contributed by atoms with Crippen LogP contribution in [0.4, 0.5) is 11.5 Å². The lowest BCUT2D eigenvalue weighted by molar-refractivity contribution is -0.132. The molecule has 35 heavy (non-hydrogen) atoms. The van der Waals surface area contributed by atoms with Gasteiger partial charge in [-0.05, 0) is 58.9 Å². The van der Waals surface area contributed by atoms with Gasteiger partial charge in [-0.25, -0.2) is 9.97 Å². The predicted octanol–water partition coefficient (Wildman–Crippen LogP) is 3.96. The normalized spacial score (nSPS) is 17.5. The van der Waals surface area contributed by atoms with E-state index in [1.54, 1.807) is 4.90 Å². The summed E-state index contributed by atoms with van der Waals surface area (Å²) in [5.41, 5.74) is 6.41. The van der Waals surface area contributed by atoms with Crippen LogP contribution in [0.3, 0.4) is 0 Å². The van der Waals surface area contributed by atoms with Crippen molar-refractivity contribution in [3.63, 3.8) is 0 Å². The molecule has 1 unspecified atom stereocenters. The summed E-state index contributed by atoms with van der Waals surface area (Å²) in [5.74, 6) is 0.943. The van der Waals surface area contributed by atoms with Crippen molar-refractivity contribution < 1.29 is 9.59 Å². The summed E-state index contributed by atoms with van der Waals surface area (Å²) in [6.45, 7) is 1.25. The number of carbonyl (C=O) groups excluding carboxylic acids is 2. The Morgan fingerprint density at radius 3 is 2.71 bits per heavy atom. The maximum Gasteiger partial charge on any atom is 0.254 e. The number of hydrogen-bond donors (Lipinski definition) is 2. The quantitative estimate of drug-likeness (QED) is 0.475. The van der Waals surface area contributed by atoms with E-state index in [0.717, 1.165) is 51.9 Å². The smallest absolute Gasteiger partial charge is 0.254 e. The lowest BCUT2D eigenvalue weighted by Gasteiger charge is -2.28. The number of anilines is 2. The van der Waals surface area contributed by atoms with Crippen LogP contribution in [-0.2, 0) is 18.4 Å². The molecule has 0 spiro atoms. The van der Waals surface area contributed by atoms with E-state index in [9.17, 15) is 9.59 Å². The number of hydrogen-bond acceptors (Lipinski definition) is 5. The van der Waals surface area contributed by atoms with Gasteiger partial charge >= 0.3 is 0 Å². The molecule has 0 radical (unpaired) electrons. The van der Waals surface area contributed by atoms with Gasteiger partial charge in [-0.3, -0.25) is 9.59 Å². The summed E-state index contributed by atoms with van der Waals surface area (Å²) in [4.78, 5) is 35.8. The van der Waals surface area contributed by atoms with E-state index in [1.165, 1.54) is 0 Å². The highest BCUT2D eigenvalue weighted by molar-refractivity contribution is 6.07. The molecule has 0 bridgehead atoms. The molecule has 2 aliphatic rings. The number of likely N-dealkylation sites (tertiary alicyclic amines) is 1. The van der Waals surface area contributed by atoms with Crippen LogP contribution >= 0.6 is 0 Å². The molecule has 5 heterocycles. The molecule has 6 rings (SSSR count). The van der Waals surface area contributed by atoms with Crippen molar-refractivity contribution in [2.45, 2.75) is 25.3 Å². The molecule has 0 aliphatic carbocycles. The van der Waals surface area contributed by atoms with Crippen LogP contribution in [0.25, 0.3) is 22.2 Å². The molecule has 0 saturated carbocycles.